The van der Waals surface area contributed by atoms with Crippen molar-refractivity contribution >= 4 is 22.7 Å². The molecule has 2 aromatic carbocycles. The summed E-state index contributed by atoms with van der Waals surface area (Å²) in [6.07, 6.45) is 2.72. The molecule has 2 aliphatic heterocycles. The minimum atomic E-state index is -1.38. The van der Waals surface area contributed by atoms with E-state index >= 15 is 0 Å². The van der Waals surface area contributed by atoms with Gasteiger partial charge in [-0.1, -0.05) is 0 Å². The van der Waals surface area contributed by atoms with Crippen molar-refractivity contribution < 1.29 is 19.4 Å². The zero-order valence-corrected chi connectivity index (χ0v) is 15.0. The lowest BCUT2D eigenvalue weighted by atomic mass is 9.78. The highest BCUT2D eigenvalue weighted by Gasteiger charge is 2.57. The highest BCUT2D eigenvalue weighted by atomic mass is 16.6. The lowest BCUT2D eigenvalue weighted by Gasteiger charge is -2.39. The number of non-ortho nitro benzene ring substituents is 2. The van der Waals surface area contributed by atoms with Crippen molar-refractivity contribution in [1.82, 2.24) is 0 Å². The van der Waals surface area contributed by atoms with Gasteiger partial charge in [0.2, 0.25) is 0 Å². The Kier molecular flexibility index (Phi) is 3.90. The van der Waals surface area contributed by atoms with Crippen LogP contribution < -0.4 is 0 Å². The number of nitro benzene ring substituents is 2. The van der Waals surface area contributed by atoms with Crippen LogP contribution in [0, 0.1) is 20.2 Å². The lowest BCUT2D eigenvalue weighted by Crippen LogP contribution is -2.45. The number of fused-ring (bicyclic) bond motifs is 2. The van der Waals surface area contributed by atoms with Crippen LogP contribution in [0.25, 0.3) is 5.57 Å². The molecule has 0 saturated carbocycles. The summed E-state index contributed by atoms with van der Waals surface area (Å²) in [7, 11) is 0. The molecule has 0 N–H and O–H groups in total. The van der Waals surface area contributed by atoms with Gasteiger partial charge in [-0.25, -0.2) is 0 Å². The zero-order valence-electron chi connectivity index (χ0n) is 15.0. The number of nitrogens with zero attached hydrogens (tertiary/aromatic N) is 2. The van der Waals surface area contributed by atoms with Gasteiger partial charge in [-0.15, -0.1) is 0 Å². The van der Waals surface area contributed by atoms with Gasteiger partial charge in [-0.2, -0.15) is 0 Å². The molecule has 2 aromatic rings. The first-order valence-electron chi connectivity index (χ1n) is 8.72. The van der Waals surface area contributed by atoms with E-state index in [9.17, 15) is 25.0 Å². The van der Waals surface area contributed by atoms with E-state index < -0.39 is 21.0 Å². The summed E-state index contributed by atoms with van der Waals surface area (Å²) in [5.74, 6) is -0.138. The molecular weight excluding hydrogens is 364 g/mol. The number of benzene rings is 2. The van der Waals surface area contributed by atoms with Crippen molar-refractivity contribution in [1.29, 1.82) is 0 Å². The van der Waals surface area contributed by atoms with Crippen LogP contribution >= 0.6 is 0 Å². The van der Waals surface area contributed by atoms with Gasteiger partial charge in [-0.3, -0.25) is 25.0 Å². The first-order valence-corrected chi connectivity index (χ1v) is 8.72. The maximum atomic E-state index is 13.1. The number of ketones is 1. The van der Waals surface area contributed by atoms with Gasteiger partial charge in [-0.05, 0) is 54.8 Å². The summed E-state index contributed by atoms with van der Waals surface area (Å²) in [5, 5.41) is 21.9. The fourth-order valence-electron chi connectivity index (χ4n) is 3.95. The van der Waals surface area contributed by atoms with Gasteiger partial charge in [0.15, 0.2) is 11.4 Å². The number of carbonyl (C=O) groups excluding carboxylic acids is 1. The smallest absolute Gasteiger partial charge is 0.269 e. The second-order valence-corrected chi connectivity index (χ2v) is 7.19. The number of nitro groups is 2. The normalized spacial score (nSPS) is 26.0. The number of hydrogen-bond acceptors (Lipinski definition) is 6. The van der Waals surface area contributed by atoms with Gasteiger partial charge < -0.3 is 4.74 Å². The maximum absolute atomic E-state index is 13.1. The summed E-state index contributed by atoms with van der Waals surface area (Å²) in [4.78, 5) is 34.0. The minimum absolute atomic E-state index is 0.0480. The Morgan fingerprint density at radius 3 is 2.00 bits per heavy atom. The van der Waals surface area contributed by atoms with Crippen LogP contribution in [-0.2, 0) is 15.1 Å². The quantitative estimate of drug-likeness (QED) is 0.586. The minimum Gasteiger partial charge on any atom is -0.347 e. The van der Waals surface area contributed by atoms with E-state index in [1.165, 1.54) is 36.4 Å². The summed E-state index contributed by atoms with van der Waals surface area (Å²) in [6, 6.07) is 11.7. The molecule has 2 bridgehead atoms. The molecule has 0 amide bonds. The van der Waals surface area contributed by atoms with Crippen LogP contribution in [0.15, 0.2) is 54.6 Å². The molecule has 8 heteroatoms. The van der Waals surface area contributed by atoms with Crippen LogP contribution in [0.4, 0.5) is 11.4 Å². The molecule has 2 aliphatic rings. The van der Waals surface area contributed by atoms with E-state index in [1.54, 1.807) is 12.1 Å². The Balaban J connectivity index is 1.86. The average molecular weight is 380 g/mol. The molecule has 142 valence electrons. The standard InChI is InChI=1S/C20H16N2O6/c1-19-11-10-18(23)20(28-19,14-4-8-16(9-5-14)22(26)27)17(12-19)13-2-6-15(7-3-13)21(24)25/h2-9,12H,10-11H2,1H3/t19-,20-/m1/s1. The lowest BCUT2D eigenvalue weighted by molar-refractivity contribution is -0.385. The molecular formula is C20H16N2O6. The van der Waals surface area contributed by atoms with Crippen molar-refractivity contribution in [2.45, 2.75) is 31.0 Å². The average Bonchev–Trinajstić information content (AvgIpc) is 2.96. The van der Waals surface area contributed by atoms with Gasteiger partial charge in [0.1, 0.15) is 0 Å². The largest absolute Gasteiger partial charge is 0.347 e. The van der Waals surface area contributed by atoms with E-state index in [4.69, 9.17) is 4.74 Å². The van der Waals surface area contributed by atoms with Crippen molar-refractivity contribution in [2.24, 2.45) is 0 Å². The number of carbonyl (C=O) groups is 1. The fourth-order valence-corrected chi connectivity index (χ4v) is 3.95. The Bertz CT molecular complexity index is 1030. The van der Waals surface area contributed by atoms with Crippen LogP contribution in [0.5, 0.6) is 0 Å². The molecule has 1 saturated heterocycles. The predicted octanol–water partition coefficient (Wildman–Crippen LogP) is 3.93. The van der Waals surface area contributed by atoms with Crippen molar-refractivity contribution in [2.75, 3.05) is 0 Å². The van der Waals surface area contributed by atoms with E-state index in [2.05, 4.69) is 0 Å². The molecule has 0 spiro atoms. The summed E-state index contributed by atoms with van der Waals surface area (Å²) >= 11 is 0. The van der Waals surface area contributed by atoms with Gasteiger partial charge in [0, 0.05) is 36.3 Å². The Morgan fingerprint density at radius 2 is 1.46 bits per heavy atom. The SMILES string of the molecule is C[C@@]12C=C(c3ccc([N+](=O)[O-])cc3)[C@@](c3ccc([N+](=O)[O-])cc3)(O1)C(=O)CC2. The molecule has 28 heavy (non-hydrogen) atoms. The van der Waals surface area contributed by atoms with Gasteiger partial charge >= 0.3 is 0 Å². The second kappa shape index (κ2) is 6.07. The molecule has 0 aliphatic carbocycles. The summed E-state index contributed by atoms with van der Waals surface area (Å²) in [6.45, 7) is 1.89. The molecule has 1 fully saturated rings. The molecule has 8 nitrogen and oxygen atoms in total. The Morgan fingerprint density at radius 1 is 0.929 bits per heavy atom. The van der Waals surface area contributed by atoms with E-state index in [0.717, 1.165) is 0 Å². The van der Waals surface area contributed by atoms with Crippen molar-refractivity contribution in [3.05, 3.63) is 86.0 Å². The molecule has 4 rings (SSSR count). The van der Waals surface area contributed by atoms with Crippen molar-refractivity contribution in [3.8, 4) is 0 Å². The highest BCUT2D eigenvalue weighted by molar-refractivity contribution is 6.04. The number of Topliss-reactive ketones (excluding diaryl/α,β-unsaturated/α-hetero) is 1. The fraction of sp³-hybridized carbons (Fsp3) is 0.250. The third kappa shape index (κ3) is 2.61. The third-order valence-corrected chi connectivity index (χ3v) is 5.33. The summed E-state index contributed by atoms with van der Waals surface area (Å²) in [5.41, 5.74) is -0.399. The predicted molar refractivity (Wildman–Crippen MR) is 99.6 cm³/mol. The Labute approximate surface area is 159 Å². The topological polar surface area (TPSA) is 113 Å². The maximum Gasteiger partial charge on any atom is 0.269 e. The third-order valence-electron chi connectivity index (χ3n) is 5.33. The zero-order chi connectivity index (χ0) is 20.1. The summed E-state index contributed by atoms with van der Waals surface area (Å²) < 4.78 is 6.27. The van der Waals surface area contributed by atoms with E-state index in [0.29, 0.717) is 29.5 Å². The van der Waals surface area contributed by atoms with Crippen molar-refractivity contribution in [3.63, 3.8) is 0 Å². The number of rotatable bonds is 4. The van der Waals surface area contributed by atoms with Crippen LogP contribution in [0.2, 0.25) is 0 Å². The van der Waals surface area contributed by atoms with Gasteiger partial charge in [0.05, 0.1) is 15.4 Å². The van der Waals surface area contributed by atoms with Crippen LogP contribution in [-0.4, -0.2) is 21.2 Å². The molecule has 0 radical (unpaired) electrons. The van der Waals surface area contributed by atoms with Gasteiger partial charge in [0.25, 0.3) is 11.4 Å². The molecule has 2 atom stereocenters. The first kappa shape index (κ1) is 18.0. The number of hydrogen-bond donors (Lipinski definition) is 0. The van der Waals surface area contributed by atoms with E-state index in [1.807, 2.05) is 13.0 Å². The molecule has 0 unspecified atom stereocenters. The van der Waals surface area contributed by atoms with Crippen LogP contribution in [0.1, 0.15) is 30.9 Å². The molecule has 2 heterocycles. The van der Waals surface area contributed by atoms with Crippen LogP contribution in [0.3, 0.4) is 0 Å². The number of ether oxygens (including phenoxy) is 1. The highest BCUT2D eigenvalue weighted by Crippen LogP contribution is 2.54. The first-order chi connectivity index (χ1) is 13.2. The Hall–Kier alpha value is -3.39. The molecule has 0 aromatic heterocycles. The monoisotopic (exact) mass is 380 g/mol. The second-order valence-electron chi connectivity index (χ2n) is 7.19. The van der Waals surface area contributed by atoms with E-state index in [-0.39, 0.29) is 17.2 Å².